The summed E-state index contributed by atoms with van der Waals surface area (Å²) in [4.78, 5) is 23.2. The van der Waals surface area contributed by atoms with E-state index in [1.165, 1.54) is 24.3 Å². The molecule has 1 aromatic heterocycles. The van der Waals surface area contributed by atoms with Gasteiger partial charge in [0.25, 0.3) is 5.91 Å². The van der Waals surface area contributed by atoms with Gasteiger partial charge in [0, 0.05) is 22.7 Å². The zero-order valence-electron chi connectivity index (χ0n) is 11.2. The van der Waals surface area contributed by atoms with E-state index in [9.17, 15) is 19.8 Å². The zero-order chi connectivity index (χ0) is 15.7. The summed E-state index contributed by atoms with van der Waals surface area (Å²) in [5.41, 5.74) is 0.700. The highest BCUT2D eigenvalue weighted by Crippen LogP contribution is 2.25. The van der Waals surface area contributed by atoms with E-state index < -0.39 is 11.5 Å². The number of benzene rings is 2. The first-order chi connectivity index (χ1) is 10.5. The average molecular weight is 297 g/mol. The lowest BCUT2D eigenvalue weighted by Gasteiger charge is -2.07. The lowest BCUT2D eigenvalue weighted by atomic mass is 10.1. The van der Waals surface area contributed by atoms with Crippen molar-refractivity contribution in [1.29, 1.82) is 0 Å². The summed E-state index contributed by atoms with van der Waals surface area (Å²) >= 11 is 0. The predicted molar refractivity (Wildman–Crippen MR) is 80.2 cm³/mol. The third-order valence-electron chi connectivity index (χ3n) is 3.11. The van der Waals surface area contributed by atoms with Crippen LogP contribution >= 0.6 is 0 Å². The summed E-state index contributed by atoms with van der Waals surface area (Å²) < 4.78 is 5.01. The van der Waals surface area contributed by atoms with Gasteiger partial charge in [0.1, 0.15) is 5.58 Å². The highest BCUT2D eigenvalue weighted by molar-refractivity contribution is 6.05. The van der Waals surface area contributed by atoms with Crippen LogP contribution in [0.15, 0.2) is 57.7 Å². The number of phenolic OH excluding ortho intramolecular Hbond substituents is 2. The lowest BCUT2D eigenvalue weighted by molar-refractivity contribution is 0.102. The fourth-order valence-corrected chi connectivity index (χ4v) is 2.02. The topological polar surface area (TPSA) is 99.8 Å². The summed E-state index contributed by atoms with van der Waals surface area (Å²) in [6, 6.07) is 11.5. The highest BCUT2D eigenvalue weighted by Gasteiger charge is 2.09. The maximum Gasteiger partial charge on any atom is 0.336 e. The molecule has 0 aliphatic heterocycles. The van der Waals surface area contributed by atoms with Crippen molar-refractivity contribution in [2.75, 3.05) is 5.32 Å². The van der Waals surface area contributed by atoms with E-state index >= 15 is 0 Å². The van der Waals surface area contributed by atoms with Gasteiger partial charge >= 0.3 is 5.63 Å². The second kappa shape index (κ2) is 5.25. The van der Waals surface area contributed by atoms with Crippen LogP contribution in [0.4, 0.5) is 5.69 Å². The van der Waals surface area contributed by atoms with Crippen LogP contribution in [-0.2, 0) is 0 Å². The van der Waals surface area contributed by atoms with Gasteiger partial charge in [0.2, 0.25) is 0 Å². The van der Waals surface area contributed by atoms with Gasteiger partial charge in [-0.05, 0) is 42.5 Å². The molecule has 3 rings (SSSR count). The first kappa shape index (κ1) is 13.7. The molecule has 3 aromatic rings. The first-order valence-corrected chi connectivity index (χ1v) is 6.40. The van der Waals surface area contributed by atoms with Gasteiger partial charge in [-0.25, -0.2) is 4.79 Å². The maximum absolute atomic E-state index is 12.1. The molecule has 0 saturated carbocycles. The minimum absolute atomic E-state index is 0.204. The van der Waals surface area contributed by atoms with E-state index in [1.54, 1.807) is 24.3 Å². The van der Waals surface area contributed by atoms with Gasteiger partial charge in [0.15, 0.2) is 11.5 Å². The molecule has 0 radical (unpaired) electrons. The summed E-state index contributed by atoms with van der Waals surface area (Å²) in [5.74, 6) is -1.10. The van der Waals surface area contributed by atoms with Gasteiger partial charge < -0.3 is 19.9 Å². The Hall–Kier alpha value is -3.28. The third-order valence-corrected chi connectivity index (χ3v) is 3.11. The van der Waals surface area contributed by atoms with Crippen molar-refractivity contribution in [3.8, 4) is 11.5 Å². The molecule has 0 fully saturated rings. The Balaban J connectivity index is 1.88. The molecule has 6 nitrogen and oxygen atoms in total. The number of fused-ring (bicyclic) bond motifs is 1. The summed E-state index contributed by atoms with van der Waals surface area (Å²) in [7, 11) is 0. The molecule has 0 aliphatic rings. The fraction of sp³-hybridized carbons (Fsp3) is 0. The minimum Gasteiger partial charge on any atom is -0.504 e. The van der Waals surface area contributed by atoms with Crippen molar-refractivity contribution < 1.29 is 19.4 Å². The van der Waals surface area contributed by atoms with Gasteiger partial charge in [-0.1, -0.05) is 0 Å². The van der Waals surface area contributed by atoms with Crippen molar-refractivity contribution in [3.05, 3.63) is 64.5 Å². The summed E-state index contributed by atoms with van der Waals surface area (Å²) in [6.07, 6.45) is 0. The molecule has 0 aliphatic carbocycles. The lowest BCUT2D eigenvalue weighted by Crippen LogP contribution is -2.11. The Bertz CT molecular complexity index is 929. The SMILES string of the molecule is O=C(Nc1ccc2oc(=O)ccc2c1)c1ccc(O)c(O)c1. The molecule has 2 aromatic carbocycles. The number of carbonyl (C=O) groups excluding carboxylic acids is 1. The molecule has 3 N–H and O–H groups in total. The third kappa shape index (κ3) is 2.62. The number of carbonyl (C=O) groups is 1. The Morgan fingerprint density at radius 1 is 0.955 bits per heavy atom. The van der Waals surface area contributed by atoms with Crippen molar-refractivity contribution in [3.63, 3.8) is 0 Å². The molecule has 0 atom stereocenters. The number of rotatable bonds is 2. The van der Waals surface area contributed by atoms with Crippen LogP contribution in [0.25, 0.3) is 11.0 Å². The van der Waals surface area contributed by atoms with Gasteiger partial charge in [-0.2, -0.15) is 0 Å². The second-order valence-corrected chi connectivity index (χ2v) is 4.66. The van der Waals surface area contributed by atoms with E-state index in [4.69, 9.17) is 4.42 Å². The van der Waals surface area contributed by atoms with E-state index in [-0.39, 0.29) is 17.1 Å². The standard InChI is InChI=1S/C16H11NO5/c18-12-4-1-10(8-13(12)19)16(21)17-11-3-5-14-9(7-11)2-6-15(20)22-14/h1-8,18-19H,(H,17,21). The molecular formula is C16H11NO5. The number of aromatic hydroxyl groups is 2. The van der Waals surface area contributed by atoms with Crippen LogP contribution < -0.4 is 10.9 Å². The molecule has 1 heterocycles. The van der Waals surface area contributed by atoms with Crippen LogP contribution in [0, 0.1) is 0 Å². The first-order valence-electron chi connectivity index (χ1n) is 6.40. The van der Waals surface area contributed by atoms with Gasteiger partial charge in [-0.3, -0.25) is 4.79 Å². The van der Waals surface area contributed by atoms with Crippen molar-refractivity contribution in [1.82, 2.24) is 0 Å². The monoisotopic (exact) mass is 297 g/mol. The van der Waals surface area contributed by atoms with Gasteiger partial charge in [-0.15, -0.1) is 0 Å². The van der Waals surface area contributed by atoms with Crippen molar-refractivity contribution in [2.24, 2.45) is 0 Å². The molecule has 6 heteroatoms. The van der Waals surface area contributed by atoms with Crippen LogP contribution in [0.1, 0.15) is 10.4 Å². The Morgan fingerprint density at radius 2 is 1.77 bits per heavy atom. The second-order valence-electron chi connectivity index (χ2n) is 4.66. The number of hydrogen-bond acceptors (Lipinski definition) is 5. The number of anilines is 1. The number of hydrogen-bond donors (Lipinski definition) is 3. The molecule has 0 spiro atoms. The summed E-state index contributed by atoms with van der Waals surface area (Å²) in [6.45, 7) is 0. The van der Waals surface area contributed by atoms with Crippen LogP contribution in [-0.4, -0.2) is 16.1 Å². The van der Waals surface area contributed by atoms with Crippen LogP contribution in [0.5, 0.6) is 11.5 Å². The van der Waals surface area contributed by atoms with Crippen LogP contribution in [0.3, 0.4) is 0 Å². The van der Waals surface area contributed by atoms with Gasteiger partial charge in [0.05, 0.1) is 0 Å². The van der Waals surface area contributed by atoms with Crippen LogP contribution in [0.2, 0.25) is 0 Å². The molecule has 110 valence electrons. The molecule has 22 heavy (non-hydrogen) atoms. The average Bonchev–Trinajstić information content (AvgIpc) is 2.50. The molecule has 1 amide bonds. The molecule has 0 saturated heterocycles. The number of phenols is 2. The normalized spacial score (nSPS) is 10.5. The van der Waals surface area contributed by atoms with E-state index in [0.717, 1.165) is 0 Å². The summed E-state index contributed by atoms with van der Waals surface area (Å²) in [5, 5.41) is 22.0. The molecular weight excluding hydrogens is 286 g/mol. The van der Waals surface area contributed by atoms with Crippen molar-refractivity contribution >= 4 is 22.6 Å². The minimum atomic E-state index is -0.441. The van der Waals surface area contributed by atoms with E-state index in [0.29, 0.717) is 16.7 Å². The van der Waals surface area contributed by atoms with E-state index in [2.05, 4.69) is 5.32 Å². The highest BCUT2D eigenvalue weighted by atomic mass is 16.4. The fourth-order valence-electron chi connectivity index (χ4n) is 2.02. The Kier molecular flexibility index (Phi) is 3.27. The number of nitrogens with one attached hydrogen (secondary N) is 1. The molecule has 0 unspecified atom stereocenters. The quantitative estimate of drug-likeness (QED) is 0.498. The Labute approximate surface area is 124 Å². The van der Waals surface area contributed by atoms with Crippen molar-refractivity contribution in [2.45, 2.75) is 0 Å². The maximum atomic E-state index is 12.1. The predicted octanol–water partition coefficient (Wildman–Crippen LogP) is 2.46. The Morgan fingerprint density at radius 3 is 2.55 bits per heavy atom. The zero-order valence-corrected chi connectivity index (χ0v) is 11.2. The number of amides is 1. The smallest absolute Gasteiger partial charge is 0.336 e. The largest absolute Gasteiger partial charge is 0.504 e. The van der Waals surface area contributed by atoms with E-state index in [1.807, 2.05) is 0 Å². The molecule has 0 bridgehead atoms.